The number of aryl methyl sites for hydroxylation is 1. The van der Waals surface area contributed by atoms with Gasteiger partial charge in [-0.1, -0.05) is 0 Å². The predicted molar refractivity (Wildman–Crippen MR) is 65.4 cm³/mol. The third-order valence-electron chi connectivity index (χ3n) is 2.82. The lowest BCUT2D eigenvalue weighted by molar-refractivity contribution is -0.140. The van der Waals surface area contributed by atoms with Crippen molar-refractivity contribution in [1.82, 2.24) is 19.5 Å². The molecule has 0 N–H and O–H groups in total. The molecule has 0 spiro atoms. The number of hydrogen-bond donors (Lipinski definition) is 0. The van der Waals surface area contributed by atoms with E-state index in [-0.39, 0.29) is 17.8 Å². The summed E-state index contributed by atoms with van der Waals surface area (Å²) in [4.78, 5) is 17.0. The van der Waals surface area contributed by atoms with E-state index in [1.165, 1.54) is 17.6 Å². The number of halogens is 3. The lowest BCUT2D eigenvalue weighted by Gasteiger charge is -2.22. The maximum atomic E-state index is 12.5. The van der Waals surface area contributed by atoms with Gasteiger partial charge in [0.1, 0.15) is 12.1 Å². The van der Waals surface area contributed by atoms with Crippen molar-refractivity contribution in [3.05, 3.63) is 29.7 Å². The Balaban J connectivity index is 2.42. The smallest absolute Gasteiger partial charge is 0.330 e. The van der Waals surface area contributed by atoms with Crippen LogP contribution < -0.4 is 0 Å². The number of hydrogen-bond acceptors (Lipinski definition) is 3. The third kappa shape index (κ3) is 2.73. The molecule has 1 amide bonds. The second-order valence-corrected chi connectivity index (χ2v) is 4.28. The minimum absolute atomic E-state index is 0.0397. The molecule has 8 heteroatoms. The van der Waals surface area contributed by atoms with Crippen LogP contribution in [0, 0.1) is 6.92 Å². The zero-order chi connectivity index (χ0) is 14.9. The molecule has 2 aromatic rings. The molecule has 2 aromatic heterocycles. The zero-order valence-corrected chi connectivity index (χ0v) is 11.0. The van der Waals surface area contributed by atoms with Crippen LogP contribution >= 0.6 is 0 Å². The first-order valence-corrected chi connectivity index (χ1v) is 5.99. The molecule has 0 saturated carbocycles. The van der Waals surface area contributed by atoms with E-state index in [0.29, 0.717) is 5.69 Å². The quantitative estimate of drug-likeness (QED) is 0.868. The molecule has 108 valence electrons. The third-order valence-corrected chi connectivity index (χ3v) is 2.82. The van der Waals surface area contributed by atoms with Crippen LogP contribution in [0.25, 0.3) is 5.65 Å². The van der Waals surface area contributed by atoms with Gasteiger partial charge in [0.15, 0.2) is 5.65 Å². The Morgan fingerprint density at radius 1 is 1.45 bits per heavy atom. The van der Waals surface area contributed by atoms with Crippen molar-refractivity contribution in [2.45, 2.75) is 20.0 Å². The van der Waals surface area contributed by atoms with E-state index in [0.717, 1.165) is 4.90 Å². The summed E-state index contributed by atoms with van der Waals surface area (Å²) >= 11 is 0. The molecule has 0 saturated heterocycles. The average molecular weight is 286 g/mol. The Kier molecular flexibility index (Phi) is 3.65. The molecule has 20 heavy (non-hydrogen) atoms. The van der Waals surface area contributed by atoms with Gasteiger partial charge < -0.3 is 4.90 Å². The largest absolute Gasteiger partial charge is 0.406 e. The summed E-state index contributed by atoms with van der Waals surface area (Å²) in [7, 11) is 0. The summed E-state index contributed by atoms with van der Waals surface area (Å²) in [6.45, 7) is 1.75. The molecule has 0 aliphatic heterocycles. The highest BCUT2D eigenvalue weighted by Crippen LogP contribution is 2.20. The van der Waals surface area contributed by atoms with Gasteiger partial charge in [0.2, 0.25) is 0 Å². The molecule has 0 radical (unpaired) electrons. The summed E-state index contributed by atoms with van der Waals surface area (Å²) < 4.78 is 38.8. The molecule has 5 nitrogen and oxygen atoms in total. The summed E-state index contributed by atoms with van der Waals surface area (Å²) in [6, 6.07) is 1.63. The SMILES string of the molecule is CCN(CC(F)(F)F)C(=O)c1c(C)nn2cccnc12. The fraction of sp³-hybridized carbons (Fsp3) is 0.417. The molecule has 2 heterocycles. The lowest BCUT2D eigenvalue weighted by atomic mass is 10.2. The highest BCUT2D eigenvalue weighted by molar-refractivity contribution is 6.01. The number of alkyl halides is 3. The molecule has 0 aliphatic carbocycles. The minimum atomic E-state index is -4.43. The van der Waals surface area contributed by atoms with Gasteiger partial charge in [-0.3, -0.25) is 4.79 Å². The van der Waals surface area contributed by atoms with Crippen LogP contribution in [0.2, 0.25) is 0 Å². The second kappa shape index (κ2) is 5.10. The normalized spacial score (nSPS) is 11.8. The van der Waals surface area contributed by atoms with E-state index < -0.39 is 18.6 Å². The fourth-order valence-electron chi connectivity index (χ4n) is 1.95. The van der Waals surface area contributed by atoms with Crippen LogP contribution in [-0.2, 0) is 0 Å². The van der Waals surface area contributed by atoms with E-state index in [1.807, 2.05) is 0 Å². The number of carbonyl (C=O) groups is 1. The van der Waals surface area contributed by atoms with E-state index in [4.69, 9.17) is 0 Å². The minimum Gasteiger partial charge on any atom is -0.330 e. The molecule has 0 bridgehead atoms. The fourth-order valence-corrected chi connectivity index (χ4v) is 1.95. The Labute approximate surface area is 113 Å². The first kappa shape index (κ1) is 14.3. The number of carbonyl (C=O) groups excluding carboxylic acids is 1. The number of rotatable bonds is 3. The van der Waals surface area contributed by atoms with Gasteiger partial charge in [0.05, 0.1) is 5.69 Å². The van der Waals surface area contributed by atoms with E-state index in [2.05, 4.69) is 10.1 Å². The van der Waals surface area contributed by atoms with Crippen molar-refractivity contribution in [3.8, 4) is 0 Å². The van der Waals surface area contributed by atoms with E-state index >= 15 is 0 Å². The Bertz CT molecular complexity index is 635. The molecule has 0 aromatic carbocycles. The van der Waals surface area contributed by atoms with Crippen molar-refractivity contribution >= 4 is 11.6 Å². The molecule has 0 fully saturated rings. The summed E-state index contributed by atoms with van der Waals surface area (Å²) in [5.41, 5.74) is 0.724. The highest BCUT2D eigenvalue weighted by atomic mass is 19.4. The number of nitrogens with zero attached hydrogens (tertiary/aromatic N) is 4. The van der Waals surface area contributed by atoms with Crippen LogP contribution in [0.15, 0.2) is 18.5 Å². The topological polar surface area (TPSA) is 50.5 Å². The molecule has 0 atom stereocenters. The van der Waals surface area contributed by atoms with Gasteiger partial charge in [0.25, 0.3) is 5.91 Å². The van der Waals surface area contributed by atoms with Crippen molar-refractivity contribution in [2.75, 3.05) is 13.1 Å². The van der Waals surface area contributed by atoms with Crippen molar-refractivity contribution in [2.24, 2.45) is 0 Å². The van der Waals surface area contributed by atoms with Crippen LogP contribution in [-0.4, -0.2) is 44.7 Å². The van der Waals surface area contributed by atoms with Crippen LogP contribution in [0.3, 0.4) is 0 Å². The first-order valence-electron chi connectivity index (χ1n) is 5.99. The summed E-state index contributed by atoms with van der Waals surface area (Å²) in [5.74, 6) is -0.712. The number of amides is 1. The molecule has 0 aliphatic rings. The van der Waals surface area contributed by atoms with Crippen molar-refractivity contribution < 1.29 is 18.0 Å². The van der Waals surface area contributed by atoms with Gasteiger partial charge in [-0.15, -0.1) is 0 Å². The van der Waals surface area contributed by atoms with Crippen LogP contribution in [0.4, 0.5) is 13.2 Å². The number of aromatic nitrogens is 3. The van der Waals surface area contributed by atoms with E-state index in [9.17, 15) is 18.0 Å². The maximum absolute atomic E-state index is 12.5. The van der Waals surface area contributed by atoms with Gasteiger partial charge in [-0.25, -0.2) is 9.50 Å². The van der Waals surface area contributed by atoms with Gasteiger partial charge in [-0.05, 0) is 19.9 Å². The van der Waals surface area contributed by atoms with Crippen molar-refractivity contribution in [1.29, 1.82) is 0 Å². The zero-order valence-electron chi connectivity index (χ0n) is 11.0. The molecular formula is C12H13F3N4O. The van der Waals surface area contributed by atoms with Gasteiger partial charge in [-0.2, -0.15) is 18.3 Å². The Hall–Kier alpha value is -2.12. The Morgan fingerprint density at radius 3 is 2.75 bits per heavy atom. The predicted octanol–water partition coefficient (Wildman–Crippen LogP) is 2.06. The maximum Gasteiger partial charge on any atom is 0.406 e. The lowest BCUT2D eigenvalue weighted by Crippen LogP contribution is -2.39. The number of fused-ring (bicyclic) bond motifs is 1. The average Bonchev–Trinajstić information content (AvgIpc) is 2.70. The van der Waals surface area contributed by atoms with Crippen molar-refractivity contribution in [3.63, 3.8) is 0 Å². The summed E-state index contributed by atoms with van der Waals surface area (Å²) in [6.07, 6.45) is -1.38. The van der Waals surface area contributed by atoms with Crippen LogP contribution in [0.1, 0.15) is 23.0 Å². The monoisotopic (exact) mass is 286 g/mol. The molecule has 2 rings (SSSR count). The first-order chi connectivity index (χ1) is 9.33. The summed E-state index contributed by atoms with van der Waals surface area (Å²) in [5, 5.41) is 4.07. The molecular weight excluding hydrogens is 273 g/mol. The second-order valence-electron chi connectivity index (χ2n) is 4.28. The Morgan fingerprint density at radius 2 is 2.15 bits per heavy atom. The van der Waals surface area contributed by atoms with Gasteiger partial charge >= 0.3 is 6.18 Å². The molecule has 0 unspecified atom stereocenters. The van der Waals surface area contributed by atoms with E-state index in [1.54, 1.807) is 19.2 Å². The highest BCUT2D eigenvalue weighted by Gasteiger charge is 2.34. The van der Waals surface area contributed by atoms with Crippen LogP contribution in [0.5, 0.6) is 0 Å². The van der Waals surface area contributed by atoms with Gasteiger partial charge in [0, 0.05) is 18.9 Å². The standard InChI is InChI=1S/C12H13F3N4O/c1-3-18(7-12(13,14)15)11(20)9-8(2)17-19-6-4-5-16-10(9)19/h4-6H,3,7H2,1-2H3.